The van der Waals surface area contributed by atoms with Gasteiger partial charge in [0.25, 0.3) is 0 Å². The first kappa shape index (κ1) is 17.4. The number of aryl methyl sites for hydroxylation is 3. The van der Waals surface area contributed by atoms with Gasteiger partial charge < -0.3 is 5.21 Å². The highest BCUT2D eigenvalue weighted by Gasteiger charge is 2.18. The Hall–Kier alpha value is -3.05. The molecule has 2 aromatic rings. The molecule has 134 valence electrons. The number of rotatable bonds is 3. The van der Waals surface area contributed by atoms with E-state index >= 15 is 0 Å². The fourth-order valence-electron chi connectivity index (χ4n) is 3.43. The van der Waals surface area contributed by atoms with Crippen LogP contribution in [0.25, 0.3) is 22.4 Å². The molecule has 2 aliphatic rings. The average molecular weight is 373 g/mol. The molecule has 0 radical (unpaired) electrons. The van der Waals surface area contributed by atoms with Crippen molar-refractivity contribution in [2.45, 2.75) is 20.8 Å². The van der Waals surface area contributed by atoms with E-state index < -0.39 is 0 Å². The Bertz CT molecular complexity index is 1120. The second-order valence-electron chi connectivity index (χ2n) is 6.67. The maximum atomic E-state index is 12.6. The normalized spacial score (nSPS) is 11.5. The molecule has 5 heteroatoms. The van der Waals surface area contributed by atoms with Crippen molar-refractivity contribution in [2.75, 3.05) is 0 Å². The van der Waals surface area contributed by atoms with Crippen molar-refractivity contribution in [2.24, 2.45) is 10.2 Å². The quantitative estimate of drug-likeness (QED) is 0.230. The summed E-state index contributed by atoms with van der Waals surface area (Å²) in [5, 5.41) is 23.4. The molecule has 0 aliphatic heterocycles. The molecule has 1 aromatic heterocycles. The van der Waals surface area contributed by atoms with Crippen LogP contribution in [0.3, 0.4) is 0 Å². The molecule has 1 heterocycles. The number of benzene rings is 1. The van der Waals surface area contributed by atoms with Crippen molar-refractivity contribution in [3.8, 4) is 22.4 Å². The second kappa shape index (κ2) is 6.93. The summed E-state index contributed by atoms with van der Waals surface area (Å²) in [5.74, 6) is 0. The fourth-order valence-corrected chi connectivity index (χ4v) is 4.16. The third kappa shape index (κ3) is 3.22. The van der Waals surface area contributed by atoms with E-state index in [2.05, 4.69) is 49.2 Å². The zero-order chi connectivity index (χ0) is 19.0. The fraction of sp³-hybridized carbons (Fsp3) is 0.136. The number of hydrogen-bond acceptors (Lipinski definition) is 4. The van der Waals surface area contributed by atoms with Gasteiger partial charge in [-0.05, 0) is 60.0 Å². The van der Waals surface area contributed by atoms with Crippen LogP contribution in [0.2, 0.25) is 0 Å². The van der Waals surface area contributed by atoms with Crippen LogP contribution in [-0.4, -0.2) is 0 Å². The molecular weight excluding hydrogens is 354 g/mol. The van der Waals surface area contributed by atoms with E-state index in [0.717, 1.165) is 27.1 Å². The highest BCUT2D eigenvalue weighted by Crippen LogP contribution is 2.39. The third-order valence-electron chi connectivity index (χ3n) is 4.62. The van der Waals surface area contributed by atoms with Crippen molar-refractivity contribution in [1.29, 1.82) is 0 Å². The van der Waals surface area contributed by atoms with E-state index in [0.29, 0.717) is 10.8 Å². The average Bonchev–Trinajstić information content (AvgIpc) is 3.21. The molecule has 0 saturated carbocycles. The lowest BCUT2D eigenvalue weighted by Gasteiger charge is -2.03. The lowest BCUT2D eigenvalue weighted by Crippen LogP contribution is -2.25. The largest absolute Gasteiger partial charge is 0.709 e. The van der Waals surface area contributed by atoms with Gasteiger partial charge >= 0.3 is 5.13 Å². The van der Waals surface area contributed by atoms with Gasteiger partial charge in [-0.25, -0.2) is 4.73 Å². The van der Waals surface area contributed by atoms with Crippen LogP contribution < -0.4 is 4.73 Å². The van der Waals surface area contributed by atoms with E-state index in [1.54, 1.807) is 0 Å². The Kier molecular flexibility index (Phi) is 4.46. The Labute approximate surface area is 162 Å². The molecule has 0 saturated heterocycles. The molecule has 0 bridgehead atoms. The molecule has 2 aliphatic carbocycles. The van der Waals surface area contributed by atoms with Crippen LogP contribution in [0, 0.1) is 26.0 Å². The summed E-state index contributed by atoms with van der Waals surface area (Å²) in [6.45, 7) is 6.28. The number of azo groups is 1. The molecule has 0 atom stereocenters. The third-order valence-corrected chi connectivity index (χ3v) is 5.42. The molecule has 0 spiro atoms. The predicted molar refractivity (Wildman–Crippen MR) is 110 cm³/mol. The maximum absolute atomic E-state index is 12.6. The van der Waals surface area contributed by atoms with Crippen LogP contribution in [0.4, 0.5) is 10.8 Å². The summed E-state index contributed by atoms with van der Waals surface area (Å²) in [6, 6.07) is 17.9. The minimum atomic E-state index is 0.328. The van der Waals surface area contributed by atoms with Gasteiger partial charge in [0.05, 0.1) is 5.11 Å². The summed E-state index contributed by atoms with van der Waals surface area (Å²) in [4.78, 5) is 0. The van der Waals surface area contributed by atoms with E-state index in [1.807, 2.05) is 41.8 Å². The number of hydrogen-bond donors (Lipinski definition) is 0. The summed E-state index contributed by atoms with van der Waals surface area (Å²) < 4.78 is 0.844. The number of nitrogens with zero attached hydrogens (tertiary/aromatic N) is 3. The highest BCUT2D eigenvalue weighted by molar-refractivity contribution is 7.13. The highest BCUT2D eigenvalue weighted by atomic mass is 32.1. The molecule has 27 heavy (non-hydrogen) atoms. The van der Waals surface area contributed by atoms with Crippen LogP contribution in [0.5, 0.6) is 0 Å². The van der Waals surface area contributed by atoms with Gasteiger partial charge in [0, 0.05) is 16.5 Å². The van der Waals surface area contributed by atoms with Gasteiger partial charge in [-0.3, -0.25) is 0 Å². The number of thiazole rings is 1. The maximum Gasteiger partial charge on any atom is 0.411 e. The van der Waals surface area contributed by atoms with Crippen LogP contribution in [0.1, 0.15) is 16.7 Å². The molecule has 4 nitrogen and oxygen atoms in total. The topological polar surface area (TPSA) is 51.7 Å². The van der Waals surface area contributed by atoms with Crippen LogP contribution in [0.15, 0.2) is 70.2 Å². The van der Waals surface area contributed by atoms with Crippen LogP contribution in [-0.2, 0) is 0 Å². The lowest BCUT2D eigenvalue weighted by atomic mass is 10.0. The Balaban J connectivity index is 1.73. The zero-order valence-electron chi connectivity index (χ0n) is 15.4. The Morgan fingerprint density at radius 1 is 0.889 bits per heavy atom. The Morgan fingerprint density at radius 3 is 2.41 bits per heavy atom. The van der Waals surface area contributed by atoms with E-state index in [-0.39, 0.29) is 0 Å². The summed E-state index contributed by atoms with van der Waals surface area (Å²) in [6.07, 6.45) is 0. The van der Waals surface area contributed by atoms with Gasteiger partial charge in [0.1, 0.15) is 11.4 Å². The van der Waals surface area contributed by atoms with Crippen molar-refractivity contribution in [1.82, 2.24) is 0 Å². The first-order valence-electron chi connectivity index (χ1n) is 8.73. The van der Waals surface area contributed by atoms with Crippen molar-refractivity contribution >= 4 is 22.2 Å². The van der Waals surface area contributed by atoms with Gasteiger partial charge in [0.2, 0.25) is 0 Å². The standard InChI is InChI=1S/C22H19N3OS/c1-14-11-15(2)18-9-10-19(21(18)16(3)12-14)23-24-22-25(26)20(13-27-22)17-7-5-4-6-8-17/h4-13H,1-3H3. The molecular formula is C22H19N3OS. The molecule has 4 rings (SSSR count). The minimum absolute atomic E-state index is 0.328. The molecule has 1 aromatic carbocycles. The molecule has 0 amide bonds. The SMILES string of the molecule is Cc1cc(C)c2ccc(N=Nc3scc(-c4ccccc4)[n+]3[O-])c-2c(C)c1. The van der Waals surface area contributed by atoms with Crippen molar-refractivity contribution < 1.29 is 4.73 Å². The van der Waals surface area contributed by atoms with Gasteiger partial charge in [-0.2, -0.15) is 0 Å². The monoisotopic (exact) mass is 373 g/mol. The van der Waals surface area contributed by atoms with E-state index in [4.69, 9.17) is 0 Å². The van der Waals surface area contributed by atoms with Gasteiger partial charge in [-0.1, -0.05) is 54.1 Å². The minimum Gasteiger partial charge on any atom is -0.709 e. The van der Waals surface area contributed by atoms with Crippen LogP contribution >= 0.6 is 11.3 Å². The molecule has 0 N–H and O–H groups in total. The molecule has 0 fully saturated rings. The van der Waals surface area contributed by atoms with E-state index in [9.17, 15) is 5.21 Å². The first-order chi connectivity index (χ1) is 13.0. The van der Waals surface area contributed by atoms with Gasteiger partial charge in [0.15, 0.2) is 0 Å². The Morgan fingerprint density at radius 2 is 1.63 bits per heavy atom. The van der Waals surface area contributed by atoms with E-state index in [1.165, 1.54) is 28.0 Å². The zero-order valence-corrected chi connectivity index (χ0v) is 16.2. The van der Waals surface area contributed by atoms with Crippen molar-refractivity contribution in [3.63, 3.8) is 0 Å². The number of aromatic nitrogens is 1. The summed E-state index contributed by atoms with van der Waals surface area (Å²) in [7, 11) is 0. The van der Waals surface area contributed by atoms with Crippen molar-refractivity contribution in [3.05, 3.63) is 81.9 Å². The lowest BCUT2D eigenvalue weighted by molar-refractivity contribution is -0.575. The smallest absolute Gasteiger partial charge is 0.411 e. The molecule has 0 unspecified atom stereocenters. The predicted octanol–water partition coefficient (Wildman–Crippen LogP) is 6.49. The van der Waals surface area contributed by atoms with Gasteiger partial charge in [-0.15, -0.1) is 0 Å². The first-order valence-corrected chi connectivity index (χ1v) is 9.61. The number of fused-ring (bicyclic) bond motifs is 1. The summed E-state index contributed by atoms with van der Waals surface area (Å²) >= 11 is 1.30. The summed E-state index contributed by atoms with van der Waals surface area (Å²) in [5.41, 5.74) is 8.08. The second-order valence-corrected chi connectivity index (χ2v) is 7.51.